The first-order chi connectivity index (χ1) is 6.39. The summed E-state index contributed by atoms with van der Waals surface area (Å²) in [5, 5.41) is 2.67. The van der Waals surface area contributed by atoms with E-state index in [1.807, 2.05) is 0 Å². The lowest BCUT2D eigenvalue weighted by molar-refractivity contribution is -0.128. The molecular formula is C9H20N2O3. The van der Waals surface area contributed by atoms with E-state index in [0.29, 0.717) is 6.54 Å². The van der Waals surface area contributed by atoms with Crippen LogP contribution in [0.2, 0.25) is 0 Å². The van der Waals surface area contributed by atoms with Gasteiger partial charge in [-0.15, -0.1) is 0 Å². The van der Waals surface area contributed by atoms with Gasteiger partial charge in [0.05, 0.1) is 6.54 Å². The molecule has 0 aromatic heterocycles. The molecule has 0 fully saturated rings. The van der Waals surface area contributed by atoms with Gasteiger partial charge in [-0.1, -0.05) is 0 Å². The SMILES string of the molecule is COC(CNC(=O)CC(C)(C)N)OC. The highest BCUT2D eigenvalue weighted by molar-refractivity contribution is 5.77. The van der Waals surface area contributed by atoms with Gasteiger partial charge in [-0.05, 0) is 13.8 Å². The van der Waals surface area contributed by atoms with Crippen molar-refractivity contribution in [2.45, 2.75) is 32.1 Å². The van der Waals surface area contributed by atoms with Crippen molar-refractivity contribution in [2.75, 3.05) is 20.8 Å². The van der Waals surface area contributed by atoms with Gasteiger partial charge in [0.25, 0.3) is 0 Å². The van der Waals surface area contributed by atoms with Crippen LogP contribution in [0.5, 0.6) is 0 Å². The van der Waals surface area contributed by atoms with Crippen molar-refractivity contribution >= 4 is 5.91 Å². The van der Waals surface area contributed by atoms with Gasteiger partial charge in [0.15, 0.2) is 6.29 Å². The smallest absolute Gasteiger partial charge is 0.222 e. The molecule has 0 heterocycles. The molecule has 0 unspecified atom stereocenters. The van der Waals surface area contributed by atoms with Crippen LogP contribution >= 0.6 is 0 Å². The Bertz CT molecular complexity index is 173. The zero-order valence-electron chi connectivity index (χ0n) is 9.29. The topological polar surface area (TPSA) is 73.6 Å². The molecule has 0 saturated carbocycles. The summed E-state index contributed by atoms with van der Waals surface area (Å²) in [6.07, 6.45) is -0.118. The van der Waals surface area contributed by atoms with Crippen LogP contribution in [0.1, 0.15) is 20.3 Å². The van der Waals surface area contributed by atoms with Crippen molar-refractivity contribution < 1.29 is 14.3 Å². The van der Waals surface area contributed by atoms with E-state index in [1.54, 1.807) is 13.8 Å². The third-order valence-electron chi connectivity index (χ3n) is 1.61. The third-order valence-corrected chi connectivity index (χ3v) is 1.61. The molecule has 84 valence electrons. The Morgan fingerprint density at radius 1 is 1.43 bits per heavy atom. The van der Waals surface area contributed by atoms with E-state index in [2.05, 4.69) is 5.32 Å². The molecule has 0 aliphatic heterocycles. The minimum absolute atomic E-state index is 0.100. The molecule has 0 aromatic carbocycles. The first-order valence-corrected chi connectivity index (χ1v) is 4.50. The molecule has 0 rings (SSSR count). The van der Waals surface area contributed by atoms with Crippen molar-refractivity contribution in [3.63, 3.8) is 0 Å². The van der Waals surface area contributed by atoms with Gasteiger partial charge in [0.2, 0.25) is 5.91 Å². The first-order valence-electron chi connectivity index (χ1n) is 4.50. The van der Waals surface area contributed by atoms with Gasteiger partial charge < -0.3 is 20.5 Å². The van der Waals surface area contributed by atoms with E-state index in [-0.39, 0.29) is 12.3 Å². The number of amides is 1. The van der Waals surface area contributed by atoms with Gasteiger partial charge in [-0.25, -0.2) is 0 Å². The van der Waals surface area contributed by atoms with Crippen LogP contribution in [-0.2, 0) is 14.3 Å². The quantitative estimate of drug-likeness (QED) is 0.590. The minimum Gasteiger partial charge on any atom is -0.354 e. The lowest BCUT2D eigenvalue weighted by atomic mass is 10.0. The fourth-order valence-corrected chi connectivity index (χ4v) is 0.936. The summed E-state index contributed by atoms with van der Waals surface area (Å²) >= 11 is 0. The summed E-state index contributed by atoms with van der Waals surface area (Å²) in [4.78, 5) is 11.3. The zero-order valence-corrected chi connectivity index (χ0v) is 9.29. The largest absolute Gasteiger partial charge is 0.354 e. The van der Waals surface area contributed by atoms with Gasteiger partial charge in [-0.2, -0.15) is 0 Å². The number of hydrogen-bond acceptors (Lipinski definition) is 4. The lowest BCUT2D eigenvalue weighted by Gasteiger charge is -2.19. The Labute approximate surface area is 84.9 Å². The Morgan fingerprint density at radius 3 is 2.29 bits per heavy atom. The normalized spacial score (nSPS) is 11.9. The van der Waals surface area contributed by atoms with E-state index in [1.165, 1.54) is 14.2 Å². The van der Waals surface area contributed by atoms with Gasteiger partial charge >= 0.3 is 0 Å². The molecule has 0 radical (unpaired) electrons. The predicted molar refractivity (Wildman–Crippen MR) is 53.7 cm³/mol. The Kier molecular flexibility index (Phi) is 5.68. The first kappa shape index (κ1) is 13.4. The number of methoxy groups -OCH3 is 2. The summed E-state index contributed by atoms with van der Waals surface area (Å²) in [5.41, 5.74) is 5.20. The molecule has 1 amide bonds. The van der Waals surface area contributed by atoms with Crippen molar-refractivity contribution in [2.24, 2.45) is 5.73 Å². The molecule has 3 N–H and O–H groups in total. The van der Waals surface area contributed by atoms with Crippen LogP contribution in [0.25, 0.3) is 0 Å². The third kappa shape index (κ3) is 6.82. The maximum atomic E-state index is 11.3. The zero-order chi connectivity index (χ0) is 11.2. The standard InChI is InChI=1S/C9H20N2O3/c1-9(2,10)5-7(12)11-6-8(13-3)14-4/h8H,5-6,10H2,1-4H3,(H,11,12). The van der Waals surface area contributed by atoms with E-state index in [9.17, 15) is 4.79 Å². The number of nitrogens with two attached hydrogens (primary N) is 1. The number of carbonyl (C=O) groups is 1. The summed E-state index contributed by atoms with van der Waals surface area (Å²) < 4.78 is 9.82. The average Bonchev–Trinajstić information content (AvgIpc) is 2.03. The molecule has 0 aliphatic rings. The summed E-state index contributed by atoms with van der Waals surface area (Å²) in [5.74, 6) is -0.100. The van der Waals surface area contributed by atoms with E-state index < -0.39 is 11.8 Å². The highest BCUT2D eigenvalue weighted by atomic mass is 16.7. The Balaban J connectivity index is 3.74. The maximum Gasteiger partial charge on any atom is 0.222 e. The second kappa shape index (κ2) is 5.95. The van der Waals surface area contributed by atoms with Crippen LogP contribution in [0.15, 0.2) is 0 Å². The number of ether oxygens (including phenoxy) is 2. The fraction of sp³-hybridized carbons (Fsp3) is 0.889. The molecule has 0 aromatic rings. The highest BCUT2D eigenvalue weighted by Gasteiger charge is 2.16. The maximum absolute atomic E-state index is 11.3. The summed E-state index contributed by atoms with van der Waals surface area (Å²) in [7, 11) is 3.04. The van der Waals surface area contributed by atoms with Crippen LogP contribution in [0.3, 0.4) is 0 Å². The van der Waals surface area contributed by atoms with Gasteiger partial charge in [0.1, 0.15) is 0 Å². The minimum atomic E-state index is -0.486. The predicted octanol–water partition coefficient (Wildman–Crippen LogP) is -0.151. The molecule has 5 nitrogen and oxygen atoms in total. The molecule has 14 heavy (non-hydrogen) atoms. The van der Waals surface area contributed by atoms with Crippen molar-refractivity contribution in [3.05, 3.63) is 0 Å². The van der Waals surface area contributed by atoms with Crippen molar-refractivity contribution in [1.82, 2.24) is 5.32 Å². The fourth-order valence-electron chi connectivity index (χ4n) is 0.936. The number of carbonyl (C=O) groups excluding carboxylic acids is 1. The Morgan fingerprint density at radius 2 is 1.93 bits per heavy atom. The molecule has 0 bridgehead atoms. The lowest BCUT2D eigenvalue weighted by Crippen LogP contribution is -2.41. The molecule has 0 spiro atoms. The van der Waals surface area contributed by atoms with Crippen LogP contribution in [0, 0.1) is 0 Å². The van der Waals surface area contributed by atoms with Gasteiger partial charge in [-0.3, -0.25) is 4.79 Å². The van der Waals surface area contributed by atoms with Crippen LogP contribution in [-0.4, -0.2) is 38.5 Å². The van der Waals surface area contributed by atoms with E-state index in [4.69, 9.17) is 15.2 Å². The number of nitrogens with one attached hydrogen (secondary N) is 1. The van der Waals surface area contributed by atoms with Crippen LogP contribution in [0.4, 0.5) is 0 Å². The summed E-state index contributed by atoms with van der Waals surface area (Å²) in [6, 6.07) is 0. The molecular weight excluding hydrogens is 184 g/mol. The molecule has 5 heteroatoms. The molecule has 0 saturated heterocycles. The number of hydrogen-bond donors (Lipinski definition) is 2. The van der Waals surface area contributed by atoms with Crippen molar-refractivity contribution in [1.29, 1.82) is 0 Å². The molecule has 0 atom stereocenters. The molecule has 0 aliphatic carbocycles. The Hall–Kier alpha value is -0.650. The van der Waals surface area contributed by atoms with E-state index >= 15 is 0 Å². The monoisotopic (exact) mass is 204 g/mol. The second-order valence-electron chi connectivity index (χ2n) is 3.87. The van der Waals surface area contributed by atoms with Crippen molar-refractivity contribution in [3.8, 4) is 0 Å². The van der Waals surface area contributed by atoms with Crippen LogP contribution < -0.4 is 11.1 Å². The summed E-state index contributed by atoms with van der Waals surface area (Å²) in [6.45, 7) is 3.94. The average molecular weight is 204 g/mol. The second-order valence-corrected chi connectivity index (χ2v) is 3.87. The van der Waals surface area contributed by atoms with Gasteiger partial charge in [0, 0.05) is 26.2 Å². The highest BCUT2D eigenvalue weighted by Crippen LogP contribution is 2.02. The number of rotatable bonds is 6. The van der Waals surface area contributed by atoms with E-state index in [0.717, 1.165) is 0 Å².